The molecule has 1 aliphatic rings. The molecule has 4 aromatic heterocycles. The Kier molecular flexibility index (Phi) is 6.29. The SMILES string of the molecule is Cc1cc(Nc2ncnc3cnc(N4CC/C(=C\CN(C)C)C4=O)cc23)ccc1Oc1ccn2nnnc2c1. The molecule has 1 amide bonds. The van der Waals surface area contributed by atoms with E-state index in [0.717, 1.165) is 28.8 Å². The summed E-state index contributed by atoms with van der Waals surface area (Å²) in [5.74, 6) is 2.54. The standard InChI is InChI=1S/C27H26N10O2/c1-17-12-19(4-5-23(17)39-20-8-11-37-25(13-20)32-33-34-37)31-26-21-14-24(28-15-22(21)29-16-30-26)36-10-7-18(27(36)38)6-9-35(2)3/h4-6,8,11-16H,7,9-10H2,1-3H3,(H,29,30,31)/b18-6+. The van der Waals surface area contributed by atoms with E-state index in [-0.39, 0.29) is 5.91 Å². The second-order valence-corrected chi connectivity index (χ2v) is 9.53. The normalized spacial score (nSPS) is 14.7. The van der Waals surface area contributed by atoms with Crippen LogP contribution in [0.4, 0.5) is 17.3 Å². The lowest BCUT2D eigenvalue weighted by molar-refractivity contribution is -0.114. The van der Waals surface area contributed by atoms with E-state index in [0.29, 0.717) is 47.3 Å². The lowest BCUT2D eigenvalue weighted by Gasteiger charge is -2.16. The number of nitrogens with one attached hydrogen (secondary N) is 1. The molecule has 6 rings (SSSR count). The van der Waals surface area contributed by atoms with E-state index in [2.05, 4.69) is 35.8 Å². The maximum Gasteiger partial charge on any atom is 0.255 e. The van der Waals surface area contributed by atoms with Crippen LogP contribution in [-0.2, 0) is 4.79 Å². The number of nitrogens with zero attached hydrogens (tertiary/aromatic N) is 9. The average molecular weight is 523 g/mol. The molecule has 0 unspecified atom stereocenters. The highest BCUT2D eigenvalue weighted by molar-refractivity contribution is 6.08. The minimum Gasteiger partial charge on any atom is -0.457 e. The second-order valence-electron chi connectivity index (χ2n) is 9.53. The fourth-order valence-electron chi connectivity index (χ4n) is 4.40. The van der Waals surface area contributed by atoms with Gasteiger partial charge in [-0.1, -0.05) is 6.08 Å². The molecule has 0 atom stereocenters. The molecule has 0 radical (unpaired) electrons. The first-order valence-corrected chi connectivity index (χ1v) is 12.4. The Morgan fingerprint density at radius 2 is 2.03 bits per heavy atom. The van der Waals surface area contributed by atoms with E-state index in [9.17, 15) is 4.79 Å². The van der Waals surface area contributed by atoms with E-state index in [1.54, 1.807) is 33.9 Å². The summed E-state index contributed by atoms with van der Waals surface area (Å²) in [6.45, 7) is 3.28. The summed E-state index contributed by atoms with van der Waals surface area (Å²) >= 11 is 0. The number of rotatable bonds is 7. The van der Waals surface area contributed by atoms with Crippen molar-refractivity contribution in [1.82, 2.24) is 39.9 Å². The van der Waals surface area contributed by atoms with Gasteiger partial charge in [-0.3, -0.25) is 9.69 Å². The Balaban J connectivity index is 1.23. The molecule has 0 saturated carbocycles. The van der Waals surface area contributed by atoms with Crippen LogP contribution in [0.15, 0.2) is 66.8 Å². The highest BCUT2D eigenvalue weighted by Gasteiger charge is 2.28. The van der Waals surface area contributed by atoms with Crippen LogP contribution in [0, 0.1) is 6.92 Å². The summed E-state index contributed by atoms with van der Waals surface area (Å²) in [6.07, 6.45) is 7.60. The average Bonchev–Trinajstić information content (AvgIpc) is 3.55. The van der Waals surface area contributed by atoms with Crippen molar-refractivity contribution in [3.05, 3.63) is 72.3 Å². The van der Waals surface area contributed by atoms with Gasteiger partial charge in [0, 0.05) is 42.0 Å². The van der Waals surface area contributed by atoms with Crippen molar-refractivity contribution in [2.45, 2.75) is 13.3 Å². The van der Waals surface area contributed by atoms with Gasteiger partial charge in [-0.25, -0.2) is 19.5 Å². The molecule has 39 heavy (non-hydrogen) atoms. The van der Waals surface area contributed by atoms with Gasteiger partial charge in [0.05, 0.1) is 11.7 Å². The molecular weight excluding hydrogens is 496 g/mol. The van der Waals surface area contributed by atoms with Gasteiger partial charge >= 0.3 is 0 Å². The Morgan fingerprint density at radius 3 is 2.87 bits per heavy atom. The number of aryl methyl sites for hydroxylation is 1. The lowest BCUT2D eigenvalue weighted by Crippen LogP contribution is -2.25. The zero-order chi connectivity index (χ0) is 26.9. The number of likely N-dealkylation sites (N-methyl/N-ethyl adjacent to an activating group) is 1. The van der Waals surface area contributed by atoms with Gasteiger partial charge in [0.1, 0.15) is 29.5 Å². The van der Waals surface area contributed by atoms with Crippen LogP contribution in [0.3, 0.4) is 0 Å². The Morgan fingerprint density at radius 1 is 1.13 bits per heavy atom. The fourth-order valence-corrected chi connectivity index (χ4v) is 4.40. The number of tetrazole rings is 1. The van der Waals surface area contributed by atoms with Crippen LogP contribution in [-0.4, -0.2) is 73.0 Å². The largest absolute Gasteiger partial charge is 0.457 e. The number of anilines is 3. The van der Waals surface area contributed by atoms with Gasteiger partial charge in [0.15, 0.2) is 5.65 Å². The predicted molar refractivity (Wildman–Crippen MR) is 146 cm³/mol. The van der Waals surface area contributed by atoms with Crippen molar-refractivity contribution >= 4 is 39.8 Å². The molecule has 12 heteroatoms. The summed E-state index contributed by atoms with van der Waals surface area (Å²) < 4.78 is 7.64. The molecule has 5 aromatic rings. The van der Waals surface area contributed by atoms with Crippen LogP contribution in [0.5, 0.6) is 11.5 Å². The van der Waals surface area contributed by atoms with Gasteiger partial charge in [-0.05, 0) is 73.8 Å². The first kappa shape index (κ1) is 24.4. The smallest absolute Gasteiger partial charge is 0.255 e. The topological polar surface area (TPSA) is 127 Å². The summed E-state index contributed by atoms with van der Waals surface area (Å²) in [4.78, 5) is 30.1. The number of aromatic nitrogens is 7. The number of hydrogen-bond acceptors (Lipinski definition) is 10. The van der Waals surface area contributed by atoms with E-state index >= 15 is 0 Å². The predicted octanol–water partition coefficient (Wildman–Crippen LogP) is 3.53. The molecule has 5 heterocycles. The van der Waals surface area contributed by atoms with Crippen molar-refractivity contribution in [1.29, 1.82) is 0 Å². The molecule has 1 saturated heterocycles. The van der Waals surface area contributed by atoms with Crippen molar-refractivity contribution in [2.24, 2.45) is 0 Å². The third-order valence-corrected chi connectivity index (χ3v) is 6.45. The third kappa shape index (κ3) is 4.97. The minimum atomic E-state index is -0.0132. The summed E-state index contributed by atoms with van der Waals surface area (Å²) in [5, 5.41) is 15.6. The van der Waals surface area contributed by atoms with Gasteiger partial charge in [-0.15, -0.1) is 5.10 Å². The van der Waals surface area contributed by atoms with Crippen LogP contribution < -0.4 is 15.0 Å². The minimum absolute atomic E-state index is 0.0132. The van der Waals surface area contributed by atoms with E-state index in [1.165, 1.54) is 6.33 Å². The molecule has 0 aliphatic carbocycles. The maximum absolute atomic E-state index is 13.0. The highest BCUT2D eigenvalue weighted by atomic mass is 16.5. The molecular formula is C27H26N10O2. The third-order valence-electron chi connectivity index (χ3n) is 6.45. The van der Waals surface area contributed by atoms with E-state index < -0.39 is 0 Å². The molecule has 12 nitrogen and oxygen atoms in total. The Bertz CT molecular complexity index is 1730. The zero-order valence-corrected chi connectivity index (χ0v) is 21.7. The molecule has 1 fully saturated rings. The second kappa shape index (κ2) is 10.1. The highest BCUT2D eigenvalue weighted by Crippen LogP contribution is 2.32. The molecule has 0 spiro atoms. The number of carbonyl (C=O) groups excluding carboxylic acids is 1. The molecule has 1 aromatic carbocycles. The number of amides is 1. The first-order valence-electron chi connectivity index (χ1n) is 12.4. The van der Waals surface area contributed by atoms with Gasteiger partial charge < -0.3 is 15.0 Å². The summed E-state index contributed by atoms with van der Waals surface area (Å²) in [7, 11) is 3.96. The maximum atomic E-state index is 13.0. The summed E-state index contributed by atoms with van der Waals surface area (Å²) in [5.41, 5.74) is 3.86. The number of fused-ring (bicyclic) bond motifs is 2. The van der Waals surface area contributed by atoms with Crippen LogP contribution in [0.25, 0.3) is 16.6 Å². The summed E-state index contributed by atoms with van der Waals surface area (Å²) in [6, 6.07) is 11.2. The quantitative estimate of drug-likeness (QED) is 0.317. The van der Waals surface area contributed by atoms with Crippen molar-refractivity contribution < 1.29 is 9.53 Å². The van der Waals surface area contributed by atoms with Crippen molar-refractivity contribution in [2.75, 3.05) is 37.4 Å². The Labute approximate surface area is 224 Å². The van der Waals surface area contributed by atoms with Crippen LogP contribution >= 0.6 is 0 Å². The first-order chi connectivity index (χ1) is 18.9. The number of ether oxygens (including phenoxy) is 1. The number of hydrogen-bond donors (Lipinski definition) is 1. The zero-order valence-electron chi connectivity index (χ0n) is 21.7. The van der Waals surface area contributed by atoms with Crippen LogP contribution in [0.1, 0.15) is 12.0 Å². The van der Waals surface area contributed by atoms with E-state index in [4.69, 9.17) is 4.74 Å². The number of benzene rings is 1. The van der Waals surface area contributed by atoms with Gasteiger partial charge in [0.25, 0.3) is 5.91 Å². The molecule has 196 valence electrons. The van der Waals surface area contributed by atoms with Crippen LogP contribution in [0.2, 0.25) is 0 Å². The molecule has 1 aliphatic heterocycles. The van der Waals surface area contributed by atoms with Gasteiger partial charge in [0.2, 0.25) is 0 Å². The monoisotopic (exact) mass is 522 g/mol. The fraction of sp³-hybridized carbons (Fsp3) is 0.222. The number of carbonyl (C=O) groups is 1. The van der Waals surface area contributed by atoms with Crippen molar-refractivity contribution in [3.8, 4) is 11.5 Å². The van der Waals surface area contributed by atoms with Gasteiger partial charge in [-0.2, -0.15) is 0 Å². The number of pyridine rings is 2. The lowest BCUT2D eigenvalue weighted by atomic mass is 10.2. The van der Waals surface area contributed by atoms with Crippen molar-refractivity contribution in [3.63, 3.8) is 0 Å². The Hall–Kier alpha value is -4.97. The molecule has 0 bridgehead atoms. The molecule has 1 N–H and O–H groups in total. The van der Waals surface area contributed by atoms with E-state index in [1.807, 2.05) is 56.3 Å².